The Hall–Kier alpha value is -1.74. The molecule has 3 heterocycles. The first-order valence-electron chi connectivity index (χ1n) is 9.94. The fourth-order valence-electron chi connectivity index (χ4n) is 4.03. The van der Waals surface area contributed by atoms with E-state index in [1.807, 2.05) is 64.1 Å². The minimum absolute atomic E-state index is 0.312. The van der Waals surface area contributed by atoms with Gasteiger partial charge in [-0.1, -0.05) is 30.3 Å². The van der Waals surface area contributed by atoms with Crippen LogP contribution in [0.15, 0.2) is 53.1 Å². The van der Waals surface area contributed by atoms with E-state index in [0.717, 1.165) is 5.56 Å². The molecule has 0 unspecified atom stereocenters. The molecule has 1 N–H and O–H groups in total. The maximum Gasteiger partial charge on any atom is 0.163 e. The van der Waals surface area contributed by atoms with Gasteiger partial charge in [0.2, 0.25) is 0 Å². The summed E-state index contributed by atoms with van der Waals surface area (Å²) in [5, 5.41) is 12.3. The summed E-state index contributed by atoms with van der Waals surface area (Å²) >= 11 is 0. The Bertz CT molecular complexity index is 791. The van der Waals surface area contributed by atoms with Gasteiger partial charge in [-0.15, -0.1) is 0 Å². The van der Waals surface area contributed by atoms with E-state index in [-0.39, 0.29) is 6.10 Å². The topological polar surface area (TPSA) is 73.5 Å². The van der Waals surface area contributed by atoms with Crippen LogP contribution in [0, 0.1) is 0 Å². The molecule has 4 rings (SSSR count). The van der Waals surface area contributed by atoms with Gasteiger partial charge < -0.3 is 28.6 Å². The minimum atomic E-state index is -0.830. The van der Waals surface area contributed by atoms with E-state index in [9.17, 15) is 5.21 Å². The molecule has 2 saturated heterocycles. The van der Waals surface area contributed by atoms with Crippen LogP contribution in [0.1, 0.15) is 45.1 Å². The average molecular weight is 403 g/mol. The number of furan rings is 1. The Morgan fingerprint density at radius 1 is 1.00 bits per heavy atom. The molecule has 0 amide bonds. The molecule has 0 aliphatic carbocycles. The van der Waals surface area contributed by atoms with Gasteiger partial charge in [-0.2, -0.15) is 5.06 Å². The second kappa shape index (κ2) is 7.83. The van der Waals surface area contributed by atoms with E-state index in [0.29, 0.717) is 18.9 Å². The Morgan fingerprint density at radius 3 is 2.38 bits per heavy atom. The molecule has 0 spiro atoms. The first-order valence-corrected chi connectivity index (χ1v) is 9.94. The van der Waals surface area contributed by atoms with Crippen LogP contribution in [-0.4, -0.2) is 46.8 Å². The molecule has 2 aliphatic heterocycles. The van der Waals surface area contributed by atoms with Crippen LogP contribution >= 0.6 is 0 Å². The van der Waals surface area contributed by atoms with Gasteiger partial charge >= 0.3 is 0 Å². The summed E-state index contributed by atoms with van der Waals surface area (Å²) in [4.78, 5) is 0. The van der Waals surface area contributed by atoms with E-state index in [1.54, 1.807) is 12.3 Å². The van der Waals surface area contributed by atoms with Gasteiger partial charge in [-0.05, 0) is 45.4 Å². The Balaban J connectivity index is 1.63. The maximum absolute atomic E-state index is 11.1. The molecule has 7 heteroatoms. The third kappa shape index (κ3) is 4.55. The van der Waals surface area contributed by atoms with Gasteiger partial charge in [0.15, 0.2) is 11.6 Å². The van der Waals surface area contributed by atoms with Crippen LogP contribution in [0.25, 0.3) is 0 Å². The fourth-order valence-corrected chi connectivity index (χ4v) is 4.03. The van der Waals surface area contributed by atoms with Crippen molar-refractivity contribution in [3.8, 4) is 0 Å². The van der Waals surface area contributed by atoms with Crippen molar-refractivity contribution in [2.75, 3.05) is 6.61 Å². The van der Waals surface area contributed by atoms with Crippen molar-refractivity contribution in [2.24, 2.45) is 0 Å². The number of hydrogen-bond acceptors (Lipinski definition) is 7. The average Bonchev–Trinajstić information content (AvgIpc) is 3.36. The highest BCUT2D eigenvalue weighted by Crippen LogP contribution is 2.42. The molecule has 1 aromatic carbocycles. The molecule has 1 aromatic heterocycles. The highest BCUT2D eigenvalue weighted by atomic mass is 16.8. The minimum Gasteiger partial charge on any atom is -0.467 e. The van der Waals surface area contributed by atoms with Gasteiger partial charge in [-0.3, -0.25) is 0 Å². The normalized spacial score (nSPS) is 29.4. The molecule has 2 aliphatic rings. The monoisotopic (exact) mass is 403 g/mol. The van der Waals surface area contributed by atoms with Gasteiger partial charge in [0.05, 0.1) is 12.9 Å². The highest BCUT2D eigenvalue weighted by molar-refractivity contribution is 5.16. The van der Waals surface area contributed by atoms with Crippen molar-refractivity contribution in [3.05, 3.63) is 60.1 Å². The first-order chi connectivity index (χ1) is 13.7. The quantitative estimate of drug-likeness (QED) is 0.734. The molecule has 2 aromatic rings. The number of hydrogen-bond donors (Lipinski definition) is 1. The zero-order valence-corrected chi connectivity index (χ0v) is 17.3. The Kier molecular flexibility index (Phi) is 5.54. The van der Waals surface area contributed by atoms with E-state index in [2.05, 4.69) is 0 Å². The van der Waals surface area contributed by atoms with Crippen LogP contribution in [0.3, 0.4) is 0 Å². The van der Waals surface area contributed by atoms with E-state index < -0.39 is 29.8 Å². The zero-order valence-electron chi connectivity index (χ0n) is 17.3. The van der Waals surface area contributed by atoms with E-state index in [4.69, 9.17) is 23.4 Å². The number of ether oxygens (including phenoxy) is 4. The molecule has 158 valence electrons. The number of nitrogens with zero attached hydrogens (tertiary/aromatic N) is 1. The predicted octanol–water partition coefficient (Wildman–Crippen LogP) is 3.88. The number of rotatable bonds is 6. The van der Waals surface area contributed by atoms with Gasteiger partial charge in [0.1, 0.15) is 30.1 Å². The van der Waals surface area contributed by atoms with Crippen LogP contribution < -0.4 is 0 Å². The molecule has 7 nitrogen and oxygen atoms in total. The standard InChI is InChI=1S/C22H29NO6/c1-21(2)26-14-17(27-21)19-20(29-22(3,4)28-19)18(16-11-8-12-25-16)23(24)13-15-9-6-5-7-10-15/h5-12,17-20,24H,13-14H2,1-4H3/t17-,18-,19-,20-/m0/s1. The van der Waals surface area contributed by atoms with Crippen molar-refractivity contribution < 1.29 is 28.6 Å². The molecular formula is C22H29NO6. The lowest BCUT2D eigenvalue weighted by molar-refractivity contribution is -0.194. The van der Waals surface area contributed by atoms with Gasteiger partial charge in [-0.25, -0.2) is 0 Å². The van der Waals surface area contributed by atoms with Crippen molar-refractivity contribution in [1.82, 2.24) is 5.06 Å². The lowest BCUT2D eigenvalue weighted by atomic mass is 9.98. The van der Waals surface area contributed by atoms with Gasteiger partial charge in [0.25, 0.3) is 0 Å². The van der Waals surface area contributed by atoms with Crippen LogP contribution in [0.4, 0.5) is 0 Å². The summed E-state index contributed by atoms with van der Waals surface area (Å²) in [6.07, 6.45) is 0.312. The molecule has 29 heavy (non-hydrogen) atoms. The summed E-state index contributed by atoms with van der Waals surface area (Å²) in [5.74, 6) is -0.920. The smallest absolute Gasteiger partial charge is 0.163 e. The third-order valence-electron chi connectivity index (χ3n) is 5.21. The summed E-state index contributed by atoms with van der Waals surface area (Å²) in [7, 11) is 0. The predicted molar refractivity (Wildman–Crippen MR) is 104 cm³/mol. The van der Waals surface area contributed by atoms with Crippen LogP contribution in [-0.2, 0) is 25.5 Å². The summed E-state index contributed by atoms with van der Waals surface area (Å²) in [6.45, 7) is 8.18. The zero-order chi connectivity index (χ0) is 20.6. The maximum atomic E-state index is 11.1. The highest BCUT2D eigenvalue weighted by Gasteiger charge is 2.54. The van der Waals surface area contributed by atoms with Crippen molar-refractivity contribution >= 4 is 0 Å². The first kappa shape index (κ1) is 20.5. The Morgan fingerprint density at radius 2 is 1.76 bits per heavy atom. The number of hydroxylamine groups is 2. The summed E-state index contributed by atoms with van der Waals surface area (Å²) in [5.41, 5.74) is 0.975. The van der Waals surface area contributed by atoms with E-state index >= 15 is 0 Å². The molecular weight excluding hydrogens is 374 g/mol. The summed E-state index contributed by atoms with van der Waals surface area (Å²) in [6, 6.07) is 12.8. The molecule has 0 bridgehead atoms. The molecule has 0 radical (unpaired) electrons. The van der Waals surface area contributed by atoms with E-state index in [1.165, 1.54) is 5.06 Å². The number of benzene rings is 1. The second-order valence-electron chi connectivity index (χ2n) is 8.48. The molecule has 0 saturated carbocycles. The van der Waals surface area contributed by atoms with Gasteiger partial charge in [0, 0.05) is 6.54 Å². The lowest BCUT2D eigenvalue weighted by Crippen LogP contribution is -2.45. The van der Waals surface area contributed by atoms with Crippen molar-refractivity contribution in [1.29, 1.82) is 0 Å². The summed E-state index contributed by atoms with van der Waals surface area (Å²) < 4.78 is 30.0. The third-order valence-corrected chi connectivity index (χ3v) is 5.21. The SMILES string of the molecule is CC1(C)O[C@@H]([C@@H]2COC(C)(C)O2)[C@H]([C@H](c2ccco2)N(O)Cc2ccccc2)O1. The van der Waals surface area contributed by atoms with Crippen molar-refractivity contribution in [2.45, 2.75) is 70.2 Å². The lowest BCUT2D eigenvalue weighted by Gasteiger charge is -2.32. The Labute approximate surface area is 171 Å². The molecule has 2 fully saturated rings. The van der Waals surface area contributed by atoms with Crippen molar-refractivity contribution in [3.63, 3.8) is 0 Å². The van der Waals surface area contributed by atoms with Crippen LogP contribution in [0.2, 0.25) is 0 Å². The second-order valence-corrected chi connectivity index (χ2v) is 8.48. The van der Waals surface area contributed by atoms with Crippen LogP contribution in [0.5, 0.6) is 0 Å². The fraction of sp³-hybridized carbons (Fsp3) is 0.545. The largest absolute Gasteiger partial charge is 0.467 e. The molecule has 4 atom stereocenters.